The van der Waals surface area contributed by atoms with Gasteiger partial charge in [-0.25, -0.2) is 4.98 Å². The third kappa shape index (κ3) is 2.53. The molecule has 0 aromatic carbocycles. The summed E-state index contributed by atoms with van der Waals surface area (Å²) in [6.07, 6.45) is 2.87. The summed E-state index contributed by atoms with van der Waals surface area (Å²) in [6.45, 7) is 4.25. The van der Waals surface area contributed by atoms with E-state index in [0.29, 0.717) is 11.8 Å². The van der Waals surface area contributed by atoms with Crippen LogP contribution in [0.2, 0.25) is 0 Å². The van der Waals surface area contributed by atoms with Crippen molar-refractivity contribution in [2.75, 3.05) is 14.2 Å². The van der Waals surface area contributed by atoms with Crippen LogP contribution in [0.1, 0.15) is 30.5 Å². The monoisotopic (exact) mass is 286 g/mol. The van der Waals surface area contributed by atoms with Gasteiger partial charge in [-0.15, -0.1) is 5.10 Å². The lowest BCUT2D eigenvalue weighted by atomic mass is 10.1. The molecule has 0 N–H and O–H groups in total. The van der Waals surface area contributed by atoms with E-state index in [4.69, 9.17) is 9.47 Å². The number of rotatable bonds is 4. The van der Waals surface area contributed by atoms with Crippen LogP contribution in [0.15, 0.2) is 12.3 Å². The fourth-order valence-electron chi connectivity index (χ4n) is 2.51. The average Bonchev–Trinajstić information content (AvgIpc) is 3.24. The van der Waals surface area contributed by atoms with Crippen molar-refractivity contribution in [1.29, 1.82) is 0 Å². The molecule has 110 valence electrons. The molecule has 1 fully saturated rings. The molecule has 0 radical (unpaired) electrons. The van der Waals surface area contributed by atoms with E-state index in [9.17, 15) is 0 Å². The van der Waals surface area contributed by atoms with Gasteiger partial charge in [-0.3, -0.25) is 0 Å². The Morgan fingerprint density at radius 3 is 2.57 bits per heavy atom. The van der Waals surface area contributed by atoms with Crippen LogP contribution < -0.4 is 9.47 Å². The summed E-state index contributed by atoms with van der Waals surface area (Å²) >= 11 is 0. The van der Waals surface area contributed by atoms with Crippen LogP contribution in [0.5, 0.6) is 11.9 Å². The summed E-state index contributed by atoms with van der Waals surface area (Å²) in [6, 6.07) is 2.34. The van der Waals surface area contributed by atoms with Gasteiger partial charge in [-0.2, -0.15) is 10.1 Å². The first kappa shape index (κ1) is 13.7. The van der Waals surface area contributed by atoms with E-state index in [1.807, 2.05) is 6.92 Å². The molecule has 1 aliphatic carbocycles. The third-order valence-corrected chi connectivity index (χ3v) is 3.91. The Morgan fingerprint density at radius 1 is 1.19 bits per heavy atom. The SMILES string of the molecule is COc1ncc(-c2cc([C@H]3C[C@@H]3C)c(C)nn2)c(OC)n1. The second kappa shape index (κ2) is 5.27. The molecule has 21 heavy (non-hydrogen) atoms. The smallest absolute Gasteiger partial charge is 0.319 e. The normalized spacial score (nSPS) is 20.2. The standard InChI is InChI=1S/C15H18N4O2/c1-8-5-10(8)11-6-13(19-18-9(11)2)12-7-16-15(21-4)17-14(12)20-3/h6-8,10H,5H2,1-4H3/t8-,10-/m0/s1. The van der Waals surface area contributed by atoms with Crippen molar-refractivity contribution in [2.45, 2.75) is 26.2 Å². The molecule has 3 rings (SSSR count). The van der Waals surface area contributed by atoms with E-state index in [0.717, 1.165) is 22.9 Å². The van der Waals surface area contributed by atoms with Crippen LogP contribution in [0.4, 0.5) is 0 Å². The molecule has 2 aromatic rings. The largest absolute Gasteiger partial charge is 0.480 e. The predicted molar refractivity (Wildman–Crippen MR) is 77.4 cm³/mol. The van der Waals surface area contributed by atoms with E-state index in [-0.39, 0.29) is 6.01 Å². The topological polar surface area (TPSA) is 70.0 Å². The first-order valence-electron chi connectivity index (χ1n) is 6.93. The number of ether oxygens (including phenoxy) is 2. The Morgan fingerprint density at radius 2 is 1.95 bits per heavy atom. The molecule has 2 heterocycles. The maximum atomic E-state index is 5.31. The zero-order valence-electron chi connectivity index (χ0n) is 12.6. The van der Waals surface area contributed by atoms with Gasteiger partial charge in [-0.05, 0) is 36.8 Å². The van der Waals surface area contributed by atoms with Crippen molar-refractivity contribution in [2.24, 2.45) is 5.92 Å². The summed E-state index contributed by atoms with van der Waals surface area (Å²) in [5.74, 6) is 1.74. The molecule has 0 unspecified atom stereocenters. The fourth-order valence-corrected chi connectivity index (χ4v) is 2.51. The molecule has 0 saturated heterocycles. The molecule has 0 spiro atoms. The second-order valence-corrected chi connectivity index (χ2v) is 5.37. The van der Waals surface area contributed by atoms with Crippen LogP contribution in [0.25, 0.3) is 11.3 Å². The zero-order valence-corrected chi connectivity index (χ0v) is 12.6. The molecule has 1 saturated carbocycles. The molecule has 0 aliphatic heterocycles. The van der Waals surface area contributed by atoms with Crippen molar-refractivity contribution >= 4 is 0 Å². The molecule has 1 aliphatic rings. The Kier molecular flexibility index (Phi) is 3.45. The van der Waals surface area contributed by atoms with E-state index in [1.165, 1.54) is 19.1 Å². The summed E-state index contributed by atoms with van der Waals surface area (Å²) in [4.78, 5) is 8.32. The number of hydrogen-bond donors (Lipinski definition) is 0. The Bertz CT molecular complexity index is 675. The van der Waals surface area contributed by atoms with Gasteiger partial charge in [0, 0.05) is 6.20 Å². The second-order valence-electron chi connectivity index (χ2n) is 5.37. The van der Waals surface area contributed by atoms with Gasteiger partial charge in [0.2, 0.25) is 5.88 Å². The predicted octanol–water partition coefficient (Wildman–Crippen LogP) is 2.38. The van der Waals surface area contributed by atoms with Gasteiger partial charge >= 0.3 is 6.01 Å². The Labute approximate surface area is 123 Å². The Balaban J connectivity index is 2.04. The highest BCUT2D eigenvalue weighted by molar-refractivity contribution is 5.64. The van der Waals surface area contributed by atoms with Crippen molar-refractivity contribution in [3.05, 3.63) is 23.5 Å². The van der Waals surface area contributed by atoms with Crippen molar-refractivity contribution < 1.29 is 9.47 Å². The maximum Gasteiger partial charge on any atom is 0.319 e. The lowest BCUT2D eigenvalue weighted by molar-refractivity contribution is 0.353. The third-order valence-electron chi connectivity index (χ3n) is 3.91. The summed E-state index contributed by atoms with van der Waals surface area (Å²) in [5, 5.41) is 8.53. The first-order chi connectivity index (χ1) is 10.1. The number of methoxy groups -OCH3 is 2. The van der Waals surface area contributed by atoms with Gasteiger partial charge < -0.3 is 9.47 Å². The zero-order chi connectivity index (χ0) is 15.0. The fraction of sp³-hybridized carbons (Fsp3) is 0.467. The van der Waals surface area contributed by atoms with Gasteiger partial charge in [0.25, 0.3) is 0 Å². The molecule has 2 aromatic heterocycles. The van der Waals surface area contributed by atoms with Crippen LogP contribution >= 0.6 is 0 Å². The number of nitrogens with zero attached hydrogens (tertiary/aromatic N) is 4. The quantitative estimate of drug-likeness (QED) is 0.859. The highest BCUT2D eigenvalue weighted by Gasteiger charge is 2.35. The van der Waals surface area contributed by atoms with Crippen LogP contribution in [0, 0.1) is 12.8 Å². The average molecular weight is 286 g/mol. The highest BCUT2D eigenvalue weighted by atomic mass is 16.5. The minimum absolute atomic E-state index is 0.270. The van der Waals surface area contributed by atoms with Crippen LogP contribution in [-0.4, -0.2) is 34.4 Å². The van der Waals surface area contributed by atoms with E-state index in [1.54, 1.807) is 13.3 Å². The summed E-state index contributed by atoms with van der Waals surface area (Å²) in [7, 11) is 3.09. The number of aromatic nitrogens is 4. The molecule has 6 nitrogen and oxygen atoms in total. The molecular weight excluding hydrogens is 268 g/mol. The molecule has 2 atom stereocenters. The van der Waals surface area contributed by atoms with Crippen molar-refractivity contribution in [1.82, 2.24) is 20.2 Å². The van der Waals surface area contributed by atoms with Crippen molar-refractivity contribution in [3.8, 4) is 23.1 Å². The summed E-state index contributed by atoms with van der Waals surface area (Å²) < 4.78 is 10.3. The van der Waals surface area contributed by atoms with Crippen molar-refractivity contribution in [3.63, 3.8) is 0 Å². The molecule has 0 amide bonds. The summed E-state index contributed by atoms with van der Waals surface area (Å²) in [5.41, 5.74) is 3.70. The van der Waals surface area contributed by atoms with E-state index in [2.05, 4.69) is 33.2 Å². The Hall–Kier alpha value is -2.24. The van der Waals surface area contributed by atoms with Gasteiger partial charge in [0.1, 0.15) is 5.69 Å². The first-order valence-corrected chi connectivity index (χ1v) is 6.93. The highest BCUT2D eigenvalue weighted by Crippen LogP contribution is 2.48. The van der Waals surface area contributed by atoms with E-state index >= 15 is 0 Å². The van der Waals surface area contributed by atoms with Gasteiger partial charge in [-0.1, -0.05) is 6.92 Å². The molecule has 6 heteroatoms. The van der Waals surface area contributed by atoms with Crippen LogP contribution in [-0.2, 0) is 0 Å². The van der Waals surface area contributed by atoms with Crippen LogP contribution in [0.3, 0.4) is 0 Å². The van der Waals surface area contributed by atoms with Gasteiger partial charge in [0.15, 0.2) is 0 Å². The number of hydrogen-bond acceptors (Lipinski definition) is 6. The minimum Gasteiger partial charge on any atom is -0.480 e. The molecule has 0 bridgehead atoms. The lowest BCUT2D eigenvalue weighted by Crippen LogP contribution is -2.01. The lowest BCUT2D eigenvalue weighted by Gasteiger charge is -2.09. The van der Waals surface area contributed by atoms with Gasteiger partial charge in [0.05, 0.1) is 25.5 Å². The number of aryl methyl sites for hydroxylation is 1. The maximum absolute atomic E-state index is 5.31. The van der Waals surface area contributed by atoms with E-state index < -0.39 is 0 Å². The molecular formula is C15H18N4O2. The minimum atomic E-state index is 0.270.